The van der Waals surface area contributed by atoms with Gasteiger partial charge in [0.15, 0.2) is 0 Å². The number of amides is 2. The summed E-state index contributed by atoms with van der Waals surface area (Å²) in [4.78, 5) is 24.9. The van der Waals surface area contributed by atoms with Crippen molar-refractivity contribution < 1.29 is 28.9 Å². The minimum absolute atomic E-state index is 0.161. The van der Waals surface area contributed by atoms with Crippen LogP contribution in [0.25, 0.3) is 0 Å². The predicted molar refractivity (Wildman–Crippen MR) is 93.9 cm³/mol. The van der Waals surface area contributed by atoms with Crippen molar-refractivity contribution in [2.45, 2.75) is 62.9 Å². The van der Waals surface area contributed by atoms with Crippen LogP contribution in [0.4, 0.5) is 14.9 Å². The van der Waals surface area contributed by atoms with Crippen LogP contribution in [0.5, 0.6) is 0 Å². The van der Waals surface area contributed by atoms with Gasteiger partial charge in [0.1, 0.15) is 11.9 Å². The van der Waals surface area contributed by atoms with E-state index in [9.17, 15) is 24.2 Å². The van der Waals surface area contributed by atoms with Gasteiger partial charge in [-0.05, 0) is 48.8 Å². The lowest BCUT2D eigenvalue weighted by atomic mass is 9.80. The zero-order valence-electron chi connectivity index (χ0n) is 15.0. The van der Waals surface area contributed by atoms with Gasteiger partial charge < -0.3 is 20.3 Å². The summed E-state index contributed by atoms with van der Waals surface area (Å²) in [5.74, 6) is -0.779. The summed E-state index contributed by atoms with van der Waals surface area (Å²) < 4.78 is 20.1. The maximum atomic E-state index is 14.8. The van der Waals surface area contributed by atoms with E-state index in [4.69, 9.17) is 4.74 Å². The van der Waals surface area contributed by atoms with Gasteiger partial charge in [0.05, 0.1) is 30.5 Å². The van der Waals surface area contributed by atoms with Crippen LogP contribution in [0.15, 0.2) is 12.1 Å². The molecule has 0 radical (unpaired) electrons. The average molecular weight is 378 g/mol. The lowest BCUT2D eigenvalue weighted by molar-refractivity contribution is -0.119. The Labute approximate surface area is 156 Å². The van der Waals surface area contributed by atoms with E-state index in [0.29, 0.717) is 36.9 Å². The summed E-state index contributed by atoms with van der Waals surface area (Å²) in [7, 11) is 0. The van der Waals surface area contributed by atoms with Gasteiger partial charge in [-0.2, -0.15) is 0 Å². The van der Waals surface area contributed by atoms with Crippen LogP contribution in [0.1, 0.15) is 43.2 Å². The van der Waals surface area contributed by atoms with Crippen LogP contribution in [0, 0.1) is 5.82 Å². The van der Waals surface area contributed by atoms with E-state index in [-0.39, 0.29) is 24.4 Å². The van der Waals surface area contributed by atoms with Crippen LogP contribution >= 0.6 is 0 Å². The van der Waals surface area contributed by atoms with Gasteiger partial charge in [0, 0.05) is 6.92 Å². The van der Waals surface area contributed by atoms with E-state index in [1.165, 1.54) is 17.9 Å². The maximum absolute atomic E-state index is 14.8. The second-order valence-electron chi connectivity index (χ2n) is 7.65. The van der Waals surface area contributed by atoms with Crippen LogP contribution in [-0.2, 0) is 16.0 Å². The van der Waals surface area contributed by atoms with Crippen molar-refractivity contribution in [2.24, 2.45) is 0 Å². The summed E-state index contributed by atoms with van der Waals surface area (Å²) >= 11 is 0. The first-order chi connectivity index (χ1) is 12.8. The number of benzene rings is 1. The molecule has 0 bridgehead atoms. The summed E-state index contributed by atoms with van der Waals surface area (Å²) in [6, 6.07) is 2.87. The number of aliphatic hydroxyl groups excluding tert-OH is 2. The van der Waals surface area contributed by atoms with Crippen molar-refractivity contribution in [1.29, 1.82) is 0 Å². The lowest BCUT2D eigenvalue weighted by Crippen LogP contribution is -2.40. The molecule has 4 rings (SSSR count). The Kier molecular flexibility index (Phi) is 4.55. The molecule has 5 atom stereocenters. The second kappa shape index (κ2) is 6.76. The molecule has 1 aromatic carbocycles. The number of hydrogen-bond donors (Lipinski definition) is 3. The Hall–Kier alpha value is -2.19. The molecule has 2 unspecified atom stereocenters. The summed E-state index contributed by atoms with van der Waals surface area (Å²) in [5, 5.41) is 22.3. The fourth-order valence-electron chi connectivity index (χ4n) is 4.45. The molecule has 2 heterocycles. The molecule has 3 aliphatic rings. The van der Waals surface area contributed by atoms with E-state index in [1.807, 2.05) is 0 Å². The van der Waals surface area contributed by atoms with Crippen LogP contribution in [0.3, 0.4) is 0 Å². The number of fused-ring (bicyclic) bond motifs is 3. The minimum Gasteiger partial charge on any atom is -0.442 e. The second-order valence-corrected chi connectivity index (χ2v) is 7.65. The van der Waals surface area contributed by atoms with Crippen molar-refractivity contribution in [3.63, 3.8) is 0 Å². The highest BCUT2D eigenvalue weighted by atomic mass is 19.1. The molecule has 1 saturated carbocycles. The highest BCUT2D eigenvalue weighted by molar-refractivity contribution is 5.94. The molecule has 27 heavy (non-hydrogen) atoms. The molecule has 2 fully saturated rings. The van der Waals surface area contributed by atoms with E-state index in [1.54, 1.807) is 6.07 Å². The Morgan fingerprint density at radius 3 is 2.81 bits per heavy atom. The zero-order chi connectivity index (χ0) is 19.3. The molecule has 1 aliphatic carbocycles. The van der Waals surface area contributed by atoms with Gasteiger partial charge in [-0.15, -0.1) is 0 Å². The fourth-order valence-corrected chi connectivity index (χ4v) is 4.45. The number of halogens is 1. The Morgan fingerprint density at radius 2 is 2.11 bits per heavy atom. The minimum atomic E-state index is -0.850. The SMILES string of the molecule is CC(=O)NC[C@@H]1OC(=O)N2c3cc(F)c(C4CC[C@@H](O)C(O)C4)cc3C[C@@H]12. The number of rotatable bonds is 3. The summed E-state index contributed by atoms with van der Waals surface area (Å²) in [6.45, 7) is 1.62. The maximum Gasteiger partial charge on any atom is 0.415 e. The number of ether oxygens (including phenoxy) is 1. The van der Waals surface area contributed by atoms with E-state index in [0.717, 1.165) is 5.56 Å². The highest BCUT2D eigenvalue weighted by Crippen LogP contribution is 2.43. The number of nitrogens with one attached hydrogen (secondary N) is 1. The Morgan fingerprint density at radius 1 is 1.33 bits per heavy atom. The molecule has 1 aromatic rings. The van der Waals surface area contributed by atoms with E-state index in [2.05, 4.69) is 5.32 Å². The van der Waals surface area contributed by atoms with Crippen LogP contribution in [-0.4, -0.2) is 53.1 Å². The normalized spacial score (nSPS) is 32.1. The van der Waals surface area contributed by atoms with Crippen molar-refractivity contribution in [1.82, 2.24) is 5.32 Å². The first-order valence-electron chi connectivity index (χ1n) is 9.28. The zero-order valence-corrected chi connectivity index (χ0v) is 15.0. The average Bonchev–Trinajstić information content (AvgIpc) is 3.12. The Balaban J connectivity index is 1.58. The third-order valence-electron chi connectivity index (χ3n) is 5.87. The largest absolute Gasteiger partial charge is 0.442 e. The molecule has 2 aliphatic heterocycles. The van der Waals surface area contributed by atoms with Crippen molar-refractivity contribution in [2.75, 3.05) is 11.4 Å². The topological polar surface area (TPSA) is 99.1 Å². The molecule has 8 heteroatoms. The lowest BCUT2D eigenvalue weighted by Gasteiger charge is -2.30. The van der Waals surface area contributed by atoms with Crippen molar-refractivity contribution in [3.8, 4) is 0 Å². The number of anilines is 1. The van der Waals surface area contributed by atoms with E-state index < -0.39 is 30.2 Å². The summed E-state index contributed by atoms with van der Waals surface area (Å²) in [6.07, 6.45) is -0.737. The molecule has 2 amide bonds. The molecule has 7 nitrogen and oxygen atoms in total. The predicted octanol–water partition coefficient (Wildman–Crippen LogP) is 1.20. The Bertz CT molecular complexity index is 786. The van der Waals surface area contributed by atoms with Gasteiger partial charge >= 0.3 is 6.09 Å². The van der Waals surface area contributed by atoms with Gasteiger partial charge in [-0.3, -0.25) is 9.69 Å². The van der Waals surface area contributed by atoms with Gasteiger partial charge in [-0.1, -0.05) is 6.07 Å². The smallest absolute Gasteiger partial charge is 0.415 e. The molecule has 0 aromatic heterocycles. The van der Waals surface area contributed by atoms with Crippen molar-refractivity contribution >= 4 is 17.7 Å². The summed E-state index contributed by atoms with van der Waals surface area (Å²) in [5.41, 5.74) is 1.89. The third kappa shape index (κ3) is 3.17. The van der Waals surface area contributed by atoms with Crippen LogP contribution in [0.2, 0.25) is 0 Å². The molecular weight excluding hydrogens is 355 g/mol. The number of hydrogen-bond acceptors (Lipinski definition) is 5. The quantitative estimate of drug-likeness (QED) is 0.734. The third-order valence-corrected chi connectivity index (χ3v) is 5.87. The van der Waals surface area contributed by atoms with Gasteiger partial charge in [0.25, 0.3) is 0 Å². The first kappa shape index (κ1) is 18.2. The highest BCUT2D eigenvalue weighted by Gasteiger charge is 2.48. The monoisotopic (exact) mass is 378 g/mol. The van der Waals surface area contributed by atoms with Crippen LogP contribution < -0.4 is 10.2 Å². The van der Waals surface area contributed by atoms with Gasteiger partial charge in [-0.25, -0.2) is 9.18 Å². The molecule has 0 spiro atoms. The fraction of sp³-hybridized carbons (Fsp3) is 0.579. The number of cyclic esters (lactones) is 1. The van der Waals surface area contributed by atoms with Gasteiger partial charge in [0.2, 0.25) is 5.91 Å². The molecule has 3 N–H and O–H groups in total. The number of aliphatic hydroxyl groups is 2. The molecule has 1 saturated heterocycles. The van der Waals surface area contributed by atoms with Crippen molar-refractivity contribution in [3.05, 3.63) is 29.1 Å². The number of carbonyl (C=O) groups is 2. The first-order valence-corrected chi connectivity index (χ1v) is 9.28. The number of carbonyl (C=O) groups excluding carboxylic acids is 2. The molecule has 146 valence electrons. The standard InChI is InChI=1S/C19H23FN2O5/c1-9(23)21-8-18-15-5-11-4-12(10-2-3-16(24)17(25)6-10)13(20)7-14(11)22(15)19(26)27-18/h4,7,10,15-18,24-25H,2-3,5-6,8H2,1H3,(H,21,23)/t10?,15-,16+,17?,18-/m0/s1. The molecular formula is C19H23FN2O5. The van der Waals surface area contributed by atoms with E-state index >= 15 is 0 Å². The number of nitrogens with zero attached hydrogens (tertiary/aromatic N) is 1.